The van der Waals surface area contributed by atoms with Crippen molar-refractivity contribution < 1.29 is 23.9 Å². The van der Waals surface area contributed by atoms with E-state index in [0.29, 0.717) is 22.2 Å². The molecule has 3 heterocycles. The molecule has 4 rings (SSSR count). The van der Waals surface area contributed by atoms with E-state index in [4.69, 9.17) is 9.47 Å². The smallest absolute Gasteiger partial charge is 0.339 e. The van der Waals surface area contributed by atoms with Crippen LogP contribution in [0.4, 0.5) is 0 Å². The summed E-state index contributed by atoms with van der Waals surface area (Å²) in [5.74, 6) is -1.60. The van der Waals surface area contributed by atoms with Crippen molar-refractivity contribution in [2.24, 2.45) is 0 Å². The van der Waals surface area contributed by atoms with Crippen LogP contribution < -0.4 is 5.56 Å². The third kappa shape index (κ3) is 4.29. The van der Waals surface area contributed by atoms with Gasteiger partial charge in [0.05, 0.1) is 36.5 Å². The first-order valence-electron chi connectivity index (χ1n) is 11.2. The van der Waals surface area contributed by atoms with Gasteiger partial charge >= 0.3 is 11.9 Å². The number of aryl methyl sites for hydroxylation is 4. The highest BCUT2D eigenvalue weighted by Crippen LogP contribution is 2.33. The monoisotopic (exact) mass is 485 g/mol. The number of methoxy groups -OCH3 is 1. The molecule has 9 nitrogen and oxygen atoms in total. The van der Waals surface area contributed by atoms with Gasteiger partial charge in [-0.3, -0.25) is 19.0 Å². The van der Waals surface area contributed by atoms with Gasteiger partial charge < -0.3 is 14.5 Å². The Hall–Kier alpha value is -3.27. The summed E-state index contributed by atoms with van der Waals surface area (Å²) in [4.78, 5) is 59.6. The number of fused-ring (bicyclic) bond motifs is 3. The molecule has 1 N–H and O–H groups in total. The van der Waals surface area contributed by atoms with Crippen molar-refractivity contribution in [1.29, 1.82) is 0 Å². The number of nitrogens with zero attached hydrogens (tertiary/aromatic N) is 2. The van der Waals surface area contributed by atoms with Gasteiger partial charge in [0.15, 0.2) is 6.10 Å². The Morgan fingerprint density at radius 1 is 1.24 bits per heavy atom. The number of Topliss-reactive ketones (excluding diaryl/α,β-unsaturated/α-hetero) is 1. The maximum atomic E-state index is 13.0. The van der Waals surface area contributed by atoms with Crippen molar-refractivity contribution in [3.05, 3.63) is 49.6 Å². The molecule has 3 aromatic rings. The predicted molar refractivity (Wildman–Crippen MR) is 127 cm³/mol. The van der Waals surface area contributed by atoms with Crippen molar-refractivity contribution in [3.63, 3.8) is 0 Å². The summed E-state index contributed by atoms with van der Waals surface area (Å²) < 4.78 is 11.5. The van der Waals surface area contributed by atoms with E-state index in [1.807, 2.05) is 0 Å². The maximum Gasteiger partial charge on any atom is 0.339 e. The Morgan fingerprint density at radius 2 is 1.97 bits per heavy atom. The Morgan fingerprint density at radius 3 is 2.71 bits per heavy atom. The van der Waals surface area contributed by atoms with Gasteiger partial charge in [0.2, 0.25) is 5.78 Å². The van der Waals surface area contributed by atoms with Gasteiger partial charge in [-0.1, -0.05) is 0 Å². The lowest BCUT2D eigenvalue weighted by Crippen LogP contribution is -2.27. The standard InChI is InChI=1S/C24H27N3O6S/c1-12-18(24(31)32-4)13(2)26-20(12)21(29)14(3)33-17(28)9-10-27-11-25-22-19(23(27)30)15-7-5-6-8-16(15)34-22/h11,14,26H,5-10H2,1-4H3. The summed E-state index contributed by atoms with van der Waals surface area (Å²) >= 11 is 1.58. The molecular weight excluding hydrogens is 458 g/mol. The zero-order chi connectivity index (χ0) is 24.6. The Kier molecular flexibility index (Phi) is 6.70. The van der Waals surface area contributed by atoms with Gasteiger partial charge in [-0.05, 0) is 57.6 Å². The number of ketones is 1. The summed E-state index contributed by atoms with van der Waals surface area (Å²) in [7, 11) is 1.27. The third-order valence-electron chi connectivity index (χ3n) is 6.25. The number of hydrogen-bond acceptors (Lipinski definition) is 8. The van der Waals surface area contributed by atoms with E-state index < -0.39 is 23.8 Å². The topological polar surface area (TPSA) is 120 Å². The van der Waals surface area contributed by atoms with Crippen LogP contribution in [0.3, 0.4) is 0 Å². The van der Waals surface area contributed by atoms with Crippen molar-refractivity contribution in [2.75, 3.05) is 7.11 Å². The molecule has 0 fully saturated rings. The average molecular weight is 486 g/mol. The molecule has 10 heteroatoms. The van der Waals surface area contributed by atoms with Crippen LogP contribution >= 0.6 is 11.3 Å². The normalized spacial score (nSPS) is 14.0. The summed E-state index contributed by atoms with van der Waals surface area (Å²) in [5.41, 5.74) is 2.40. The minimum absolute atomic E-state index is 0.0762. The Labute approximate surface area is 200 Å². The molecule has 3 aromatic heterocycles. The van der Waals surface area contributed by atoms with E-state index in [1.54, 1.807) is 25.2 Å². The van der Waals surface area contributed by atoms with Crippen LogP contribution in [-0.4, -0.2) is 45.5 Å². The van der Waals surface area contributed by atoms with E-state index >= 15 is 0 Å². The van der Waals surface area contributed by atoms with Crippen molar-refractivity contribution in [2.45, 2.75) is 65.5 Å². The first kappa shape index (κ1) is 23.9. The van der Waals surface area contributed by atoms with Crippen molar-refractivity contribution >= 4 is 39.3 Å². The molecule has 0 spiro atoms. The number of ether oxygens (including phenoxy) is 2. The molecule has 1 unspecified atom stereocenters. The molecule has 1 atom stereocenters. The lowest BCUT2D eigenvalue weighted by atomic mass is 9.97. The van der Waals surface area contributed by atoms with Crippen LogP contribution in [0, 0.1) is 13.8 Å². The van der Waals surface area contributed by atoms with Gasteiger partial charge in [-0.15, -0.1) is 11.3 Å². The van der Waals surface area contributed by atoms with Crippen molar-refractivity contribution in [3.8, 4) is 0 Å². The molecular formula is C24H27N3O6S. The van der Waals surface area contributed by atoms with Gasteiger partial charge in [-0.2, -0.15) is 0 Å². The molecule has 0 amide bonds. The molecule has 34 heavy (non-hydrogen) atoms. The summed E-state index contributed by atoms with van der Waals surface area (Å²) in [5, 5.41) is 0.665. The summed E-state index contributed by atoms with van der Waals surface area (Å²) in [6.45, 7) is 4.89. The number of carbonyl (C=O) groups is 3. The summed E-state index contributed by atoms with van der Waals surface area (Å²) in [6.07, 6.45) is 4.38. The number of nitrogens with one attached hydrogen (secondary N) is 1. The number of thiophene rings is 1. The van der Waals surface area contributed by atoms with E-state index in [9.17, 15) is 19.2 Å². The van der Waals surface area contributed by atoms with E-state index in [-0.39, 0.29) is 24.2 Å². The largest absolute Gasteiger partial charge is 0.465 e. The fourth-order valence-corrected chi connectivity index (χ4v) is 5.69. The van der Waals surface area contributed by atoms with Crippen molar-refractivity contribution in [1.82, 2.24) is 14.5 Å². The van der Waals surface area contributed by atoms with Gasteiger partial charge in [-0.25, -0.2) is 9.78 Å². The lowest BCUT2D eigenvalue weighted by molar-refractivity contribution is -0.146. The molecule has 0 saturated heterocycles. The van der Waals surface area contributed by atoms with Crippen LogP contribution in [0.1, 0.15) is 68.7 Å². The quantitative estimate of drug-likeness (QED) is 0.403. The number of aromatic nitrogens is 3. The third-order valence-corrected chi connectivity index (χ3v) is 7.45. The highest BCUT2D eigenvalue weighted by molar-refractivity contribution is 7.18. The Bertz CT molecular complexity index is 1350. The van der Waals surface area contributed by atoms with E-state index in [1.165, 1.54) is 29.8 Å². The number of carbonyl (C=O) groups excluding carboxylic acids is 3. The maximum absolute atomic E-state index is 13.0. The summed E-state index contributed by atoms with van der Waals surface area (Å²) in [6, 6.07) is 0. The zero-order valence-corrected chi connectivity index (χ0v) is 20.5. The number of aromatic amines is 1. The first-order valence-corrected chi connectivity index (χ1v) is 12.0. The number of H-pyrrole nitrogens is 1. The second kappa shape index (κ2) is 9.54. The predicted octanol–water partition coefficient (Wildman–Crippen LogP) is 3.27. The SMILES string of the molecule is COC(=O)c1c(C)[nH]c(C(=O)C(C)OC(=O)CCn2cnc3sc4c(c3c2=O)CCCC4)c1C. The average Bonchev–Trinajstić information content (AvgIpc) is 3.34. The van der Waals surface area contributed by atoms with Gasteiger partial charge in [0.25, 0.3) is 5.56 Å². The zero-order valence-electron chi connectivity index (χ0n) is 19.6. The Balaban J connectivity index is 1.43. The number of esters is 2. The van der Waals surface area contributed by atoms with E-state index in [2.05, 4.69) is 9.97 Å². The molecule has 0 bridgehead atoms. The highest BCUT2D eigenvalue weighted by Gasteiger charge is 2.27. The molecule has 0 radical (unpaired) electrons. The fraction of sp³-hybridized carbons (Fsp3) is 0.458. The fourth-order valence-electron chi connectivity index (χ4n) is 4.47. The van der Waals surface area contributed by atoms with Crippen LogP contribution in [0.5, 0.6) is 0 Å². The number of hydrogen-bond donors (Lipinski definition) is 1. The minimum Gasteiger partial charge on any atom is -0.465 e. The van der Waals surface area contributed by atoms with Crippen LogP contribution in [0.25, 0.3) is 10.2 Å². The van der Waals surface area contributed by atoms with Gasteiger partial charge in [0, 0.05) is 17.1 Å². The molecule has 1 aliphatic carbocycles. The lowest BCUT2D eigenvalue weighted by Gasteiger charge is -2.13. The van der Waals surface area contributed by atoms with E-state index in [0.717, 1.165) is 36.1 Å². The second-order valence-corrected chi connectivity index (χ2v) is 9.58. The molecule has 0 saturated carbocycles. The molecule has 0 aromatic carbocycles. The second-order valence-electron chi connectivity index (χ2n) is 8.50. The minimum atomic E-state index is -1.06. The number of rotatable bonds is 7. The van der Waals surface area contributed by atoms with Gasteiger partial charge in [0.1, 0.15) is 4.83 Å². The van der Waals surface area contributed by atoms with Crippen LogP contribution in [0.15, 0.2) is 11.1 Å². The molecule has 180 valence electrons. The molecule has 0 aliphatic heterocycles. The van der Waals surface area contributed by atoms with Crippen LogP contribution in [0.2, 0.25) is 0 Å². The highest BCUT2D eigenvalue weighted by atomic mass is 32.1. The molecule has 1 aliphatic rings. The first-order chi connectivity index (χ1) is 16.2. The van der Waals surface area contributed by atoms with Crippen LogP contribution in [-0.2, 0) is 33.7 Å².